The smallest absolute Gasteiger partial charge is 0.246 e. The molecule has 0 unspecified atom stereocenters. The van der Waals surface area contributed by atoms with E-state index in [0.717, 1.165) is 0 Å². The fourth-order valence-electron chi connectivity index (χ4n) is 2.05. The van der Waals surface area contributed by atoms with E-state index in [4.69, 9.17) is 14.2 Å². The molecule has 2 atom stereocenters. The second kappa shape index (κ2) is 13.0. The van der Waals surface area contributed by atoms with Gasteiger partial charge in [0.25, 0.3) is 0 Å². The lowest BCUT2D eigenvalue weighted by Crippen LogP contribution is -2.47. The number of rotatable bonds is 0. The van der Waals surface area contributed by atoms with Crippen LogP contribution >= 0.6 is 0 Å². The predicted molar refractivity (Wildman–Crippen MR) is 93.7 cm³/mol. The Morgan fingerprint density at radius 2 is 1.07 bits per heavy atom. The molecule has 4 amide bonds. The summed E-state index contributed by atoms with van der Waals surface area (Å²) in [6.45, 7) is 4.20. The summed E-state index contributed by atoms with van der Waals surface area (Å²) in [6, 6.07) is -1.51. The molecule has 0 radical (unpaired) electrons. The van der Waals surface area contributed by atoms with Gasteiger partial charge < -0.3 is 35.5 Å². The third kappa shape index (κ3) is 10.5. The van der Waals surface area contributed by atoms with Crippen molar-refractivity contribution in [3.05, 3.63) is 0 Å². The molecule has 1 aliphatic rings. The molecule has 27 heavy (non-hydrogen) atoms. The quantitative estimate of drug-likeness (QED) is 0.353. The van der Waals surface area contributed by atoms with Gasteiger partial charge in [0.1, 0.15) is 25.3 Å². The zero-order valence-electron chi connectivity index (χ0n) is 15.7. The van der Waals surface area contributed by atoms with Crippen LogP contribution < -0.4 is 21.3 Å². The summed E-state index contributed by atoms with van der Waals surface area (Å²) in [7, 11) is 0. The molecule has 154 valence electrons. The third-order valence-electron chi connectivity index (χ3n) is 3.47. The summed E-state index contributed by atoms with van der Waals surface area (Å²) >= 11 is 0. The van der Waals surface area contributed by atoms with E-state index in [1.807, 2.05) is 0 Å². The Labute approximate surface area is 157 Å². The van der Waals surface area contributed by atoms with Crippen molar-refractivity contribution in [3.63, 3.8) is 0 Å². The molecule has 1 saturated heterocycles. The molecule has 11 heteroatoms. The summed E-state index contributed by atoms with van der Waals surface area (Å²) in [5.74, 6) is -1.78. The third-order valence-corrected chi connectivity index (χ3v) is 3.47. The lowest BCUT2D eigenvalue weighted by molar-refractivity contribution is -0.135. The minimum absolute atomic E-state index is 0.295. The van der Waals surface area contributed by atoms with Gasteiger partial charge in [-0.05, 0) is 13.8 Å². The number of nitrogens with one attached hydrogen (secondary N) is 4. The van der Waals surface area contributed by atoms with Gasteiger partial charge in [0, 0.05) is 13.1 Å². The highest BCUT2D eigenvalue weighted by atomic mass is 16.5. The van der Waals surface area contributed by atoms with Crippen molar-refractivity contribution in [3.8, 4) is 0 Å². The van der Waals surface area contributed by atoms with Crippen molar-refractivity contribution in [2.24, 2.45) is 0 Å². The van der Waals surface area contributed by atoms with Crippen LogP contribution in [0.4, 0.5) is 0 Å². The van der Waals surface area contributed by atoms with E-state index in [1.54, 1.807) is 0 Å². The number of hydrogen-bond donors (Lipinski definition) is 4. The molecular formula is C16H28N4O7. The topological polar surface area (TPSA) is 144 Å². The molecule has 0 aliphatic carbocycles. The molecule has 1 rings (SSSR count). The normalized spacial score (nSPS) is 26.0. The lowest BCUT2D eigenvalue weighted by Gasteiger charge is -2.15. The highest BCUT2D eigenvalue weighted by Crippen LogP contribution is 1.87. The van der Waals surface area contributed by atoms with Crippen LogP contribution in [0.5, 0.6) is 0 Å². The number of ether oxygens (including phenoxy) is 3. The summed E-state index contributed by atoms with van der Waals surface area (Å²) in [4.78, 5) is 47.1. The van der Waals surface area contributed by atoms with Gasteiger partial charge in [-0.3, -0.25) is 19.2 Å². The van der Waals surface area contributed by atoms with Gasteiger partial charge >= 0.3 is 0 Å². The van der Waals surface area contributed by atoms with Crippen LogP contribution in [0.3, 0.4) is 0 Å². The Kier molecular flexibility index (Phi) is 11.0. The zero-order chi connectivity index (χ0) is 20.1. The average Bonchev–Trinajstić information content (AvgIpc) is 2.61. The maximum Gasteiger partial charge on any atom is 0.246 e. The number of carbonyl (C=O) groups excluding carboxylic acids is 4. The van der Waals surface area contributed by atoms with Gasteiger partial charge in [0.05, 0.1) is 26.4 Å². The molecule has 0 spiro atoms. The molecule has 1 heterocycles. The molecule has 4 N–H and O–H groups in total. The highest BCUT2D eigenvalue weighted by molar-refractivity contribution is 5.89. The first-order valence-corrected chi connectivity index (χ1v) is 8.77. The fraction of sp³-hybridized carbons (Fsp3) is 0.750. The molecule has 1 fully saturated rings. The van der Waals surface area contributed by atoms with Crippen LogP contribution in [0.1, 0.15) is 13.8 Å². The minimum Gasteiger partial charge on any atom is -0.377 e. The standard InChI is InChI=1S/C16H28N4O7/c1-11-15(23)17-3-5-25-7-8-26-6-4-18-16(24)12(2)20-14(22)10-27-9-13(21)19-11/h11-12H,3-10H2,1-2H3,(H,17,23)(H,18,24)(H,19,21)(H,20,22)/t11-,12-/m0/s1. The summed E-state index contributed by atoms with van der Waals surface area (Å²) in [5.41, 5.74) is 0. The molecule has 0 saturated carbocycles. The first kappa shape index (κ1) is 22.8. The number of carbonyl (C=O) groups is 4. The Morgan fingerprint density at radius 1 is 0.667 bits per heavy atom. The largest absolute Gasteiger partial charge is 0.377 e. The maximum atomic E-state index is 11.8. The van der Waals surface area contributed by atoms with Gasteiger partial charge in [-0.2, -0.15) is 0 Å². The van der Waals surface area contributed by atoms with Crippen molar-refractivity contribution in [1.82, 2.24) is 21.3 Å². The Bertz CT molecular complexity index is 471. The van der Waals surface area contributed by atoms with E-state index in [9.17, 15) is 19.2 Å². The second-order valence-corrected chi connectivity index (χ2v) is 5.88. The predicted octanol–water partition coefficient (Wildman–Crippen LogP) is -2.71. The summed E-state index contributed by atoms with van der Waals surface area (Å²) in [6.07, 6.45) is 0. The van der Waals surface area contributed by atoms with E-state index in [0.29, 0.717) is 39.5 Å². The average molecular weight is 388 g/mol. The molecule has 11 nitrogen and oxygen atoms in total. The van der Waals surface area contributed by atoms with E-state index in [1.165, 1.54) is 13.8 Å². The zero-order valence-corrected chi connectivity index (χ0v) is 15.7. The van der Waals surface area contributed by atoms with E-state index in [2.05, 4.69) is 21.3 Å². The SMILES string of the molecule is C[C@@H]1NC(=O)COCC(=O)N[C@@H](C)C(=O)NCCOCCOCCNC1=O. The lowest BCUT2D eigenvalue weighted by atomic mass is 10.3. The van der Waals surface area contributed by atoms with Crippen LogP contribution in [0.2, 0.25) is 0 Å². The Hall–Kier alpha value is -2.24. The van der Waals surface area contributed by atoms with E-state index in [-0.39, 0.29) is 25.0 Å². The van der Waals surface area contributed by atoms with E-state index < -0.39 is 23.9 Å². The van der Waals surface area contributed by atoms with E-state index >= 15 is 0 Å². The number of hydrogen-bond acceptors (Lipinski definition) is 7. The van der Waals surface area contributed by atoms with Crippen molar-refractivity contribution in [2.75, 3.05) is 52.7 Å². The maximum absolute atomic E-state index is 11.8. The number of amides is 4. The highest BCUT2D eigenvalue weighted by Gasteiger charge is 2.17. The van der Waals surface area contributed by atoms with Gasteiger partial charge in [0.2, 0.25) is 23.6 Å². The molecule has 0 aromatic carbocycles. The Morgan fingerprint density at radius 3 is 1.48 bits per heavy atom. The molecule has 1 aliphatic heterocycles. The first-order chi connectivity index (χ1) is 12.9. The van der Waals surface area contributed by atoms with Crippen molar-refractivity contribution in [2.45, 2.75) is 25.9 Å². The first-order valence-electron chi connectivity index (χ1n) is 8.77. The molecule has 0 bridgehead atoms. The van der Waals surface area contributed by atoms with Crippen molar-refractivity contribution < 1.29 is 33.4 Å². The Balaban J connectivity index is 2.50. The van der Waals surface area contributed by atoms with Crippen LogP contribution in [-0.2, 0) is 33.4 Å². The van der Waals surface area contributed by atoms with Gasteiger partial charge in [-0.15, -0.1) is 0 Å². The molecular weight excluding hydrogens is 360 g/mol. The van der Waals surface area contributed by atoms with Gasteiger partial charge in [0.15, 0.2) is 0 Å². The van der Waals surface area contributed by atoms with Crippen molar-refractivity contribution >= 4 is 23.6 Å². The fourth-order valence-corrected chi connectivity index (χ4v) is 2.05. The molecule has 0 aromatic rings. The van der Waals surface area contributed by atoms with Crippen molar-refractivity contribution in [1.29, 1.82) is 0 Å². The van der Waals surface area contributed by atoms with Crippen LogP contribution in [0, 0.1) is 0 Å². The second-order valence-electron chi connectivity index (χ2n) is 5.88. The molecule has 0 aromatic heterocycles. The minimum atomic E-state index is -0.754. The van der Waals surface area contributed by atoms with Crippen LogP contribution in [-0.4, -0.2) is 88.4 Å². The summed E-state index contributed by atoms with van der Waals surface area (Å²) < 4.78 is 15.6. The van der Waals surface area contributed by atoms with Gasteiger partial charge in [-0.1, -0.05) is 0 Å². The van der Waals surface area contributed by atoms with Crippen LogP contribution in [0.15, 0.2) is 0 Å². The summed E-state index contributed by atoms with van der Waals surface area (Å²) in [5, 5.41) is 10.2. The van der Waals surface area contributed by atoms with Gasteiger partial charge in [-0.25, -0.2) is 0 Å². The van der Waals surface area contributed by atoms with Crippen LogP contribution in [0.25, 0.3) is 0 Å². The monoisotopic (exact) mass is 388 g/mol.